The van der Waals surface area contributed by atoms with Gasteiger partial charge in [0.25, 0.3) is 0 Å². The number of anilines is 1. The summed E-state index contributed by atoms with van der Waals surface area (Å²) in [4.78, 5) is 28.8. The summed E-state index contributed by atoms with van der Waals surface area (Å²) >= 11 is 0. The average Bonchev–Trinajstić information content (AvgIpc) is 2.72. The summed E-state index contributed by atoms with van der Waals surface area (Å²) in [6, 6.07) is 5.19. The van der Waals surface area contributed by atoms with E-state index in [1.54, 1.807) is 6.07 Å². The molecule has 28 heavy (non-hydrogen) atoms. The molecule has 0 aromatic heterocycles. The summed E-state index contributed by atoms with van der Waals surface area (Å²) in [6.45, 7) is 9.23. The second-order valence-electron chi connectivity index (χ2n) is 7.19. The second kappa shape index (κ2) is 9.75. The summed E-state index contributed by atoms with van der Waals surface area (Å²) in [5.74, 6) is 1.38. The number of hydrogen-bond donors (Lipinski definition) is 2. The molecule has 1 aromatic carbocycles. The van der Waals surface area contributed by atoms with Crippen LogP contribution in [0.4, 0.5) is 5.69 Å². The Morgan fingerprint density at radius 1 is 1.11 bits per heavy atom. The van der Waals surface area contributed by atoms with E-state index in [1.807, 2.05) is 26.0 Å². The molecule has 2 aliphatic heterocycles. The van der Waals surface area contributed by atoms with Crippen LogP contribution >= 0.6 is 0 Å². The van der Waals surface area contributed by atoms with Gasteiger partial charge >= 0.3 is 0 Å². The fourth-order valence-corrected chi connectivity index (χ4v) is 3.37. The van der Waals surface area contributed by atoms with E-state index in [0.717, 1.165) is 39.1 Å². The largest absolute Gasteiger partial charge is 0.486 e. The van der Waals surface area contributed by atoms with Gasteiger partial charge in [0.05, 0.1) is 12.6 Å². The molecule has 1 aromatic rings. The van der Waals surface area contributed by atoms with E-state index < -0.39 is 0 Å². The monoisotopic (exact) mass is 390 g/mol. The molecule has 8 nitrogen and oxygen atoms in total. The van der Waals surface area contributed by atoms with E-state index in [-0.39, 0.29) is 17.9 Å². The normalized spacial score (nSPS) is 18.4. The number of fused-ring (bicyclic) bond motifs is 1. The summed E-state index contributed by atoms with van der Waals surface area (Å²) in [5.41, 5.74) is 0.701. The number of carbonyl (C=O) groups excluding carboxylic acids is 2. The maximum atomic E-state index is 12.7. The van der Waals surface area contributed by atoms with E-state index in [4.69, 9.17) is 9.47 Å². The Kier molecular flexibility index (Phi) is 7.11. The summed E-state index contributed by atoms with van der Waals surface area (Å²) < 4.78 is 11.1. The Bertz CT molecular complexity index is 689. The Morgan fingerprint density at radius 2 is 1.82 bits per heavy atom. The predicted octanol–water partition coefficient (Wildman–Crippen LogP) is 0.929. The van der Waals surface area contributed by atoms with Crippen molar-refractivity contribution < 1.29 is 19.1 Å². The molecule has 8 heteroatoms. The minimum atomic E-state index is -0.246. The van der Waals surface area contributed by atoms with Crippen LogP contribution in [0.5, 0.6) is 11.5 Å². The van der Waals surface area contributed by atoms with Gasteiger partial charge in [-0.15, -0.1) is 0 Å². The van der Waals surface area contributed by atoms with Gasteiger partial charge in [0.1, 0.15) is 13.2 Å². The first-order chi connectivity index (χ1) is 13.6. The van der Waals surface area contributed by atoms with Gasteiger partial charge in [-0.2, -0.15) is 0 Å². The highest BCUT2D eigenvalue weighted by Crippen LogP contribution is 2.32. The molecule has 0 saturated carbocycles. The van der Waals surface area contributed by atoms with Crippen molar-refractivity contribution in [2.75, 3.05) is 57.8 Å². The van der Waals surface area contributed by atoms with Crippen molar-refractivity contribution in [1.29, 1.82) is 0 Å². The molecule has 2 heterocycles. The van der Waals surface area contributed by atoms with Crippen LogP contribution in [-0.4, -0.2) is 80.1 Å². The van der Waals surface area contributed by atoms with E-state index in [0.29, 0.717) is 36.9 Å². The Labute approximate surface area is 166 Å². The first-order valence-electron chi connectivity index (χ1n) is 10.0. The highest BCUT2D eigenvalue weighted by atomic mass is 16.6. The number of amides is 2. The van der Waals surface area contributed by atoms with E-state index in [9.17, 15) is 9.59 Å². The van der Waals surface area contributed by atoms with Gasteiger partial charge in [0.15, 0.2) is 11.5 Å². The molecule has 3 rings (SSSR count). The molecule has 1 atom stereocenters. The average molecular weight is 390 g/mol. The molecule has 154 valence electrons. The van der Waals surface area contributed by atoms with E-state index >= 15 is 0 Å². The number of piperazine rings is 1. The minimum Gasteiger partial charge on any atom is -0.486 e. The van der Waals surface area contributed by atoms with Crippen molar-refractivity contribution in [3.63, 3.8) is 0 Å². The van der Waals surface area contributed by atoms with Gasteiger partial charge in [-0.05, 0) is 25.5 Å². The smallest absolute Gasteiger partial charge is 0.241 e. The van der Waals surface area contributed by atoms with E-state index in [2.05, 4.69) is 20.4 Å². The molecule has 1 fully saturated rings. The third-order valence-electron chi connectivity index (χ3n) is 5.08. The van der Waals surface area contributed by atoms with Crippen LogP contribution < -0.4 is 20.1 Å². The van der Waals surface area contributed by atoms with Crippen LogP contribution in [0.3, 0.4) is 0 Å². The fraction of sp³-hybridized carbons (Fsp3) is 0.600. The zero-order valence-corrected chi connectivity index (χ0v) is 16.7. The van der Waals surface area contributed by atoms with Crippen LogP contribution in [0, 0.1) is 0 Å². The Hall–Kier alpha value is -2.32. The summed E-state index contributed by atoms with van der Waals surface area (Å²) in [5, 5.41) is 5.87. The Morgan fingerprint density at radius 3 is 2.54 bits per heavy atom. The molecule has 2 aliphatic rings. The van der Waals surface area contributed by atoms with Gasteiger partial charge in [-0.3, -0.25) is 19.4 Å². The van der Waals surface area contributed by atoms with Crippen molar-refractivity contribution in [1.82, 2.24) is 15.1 Å². The standard InChI is InChI=1S/C20H30N4O4/c1-3-6-21-19(25)14-23-7-9-24(10-8-23)15(2)20(26)22-16-4-5-17-18(13-16)28-12-11-27-17/h4-5,13,15H,3,6-12,14H2,1-2H3,(H,21,25)(H,22,26)/t15-/m1/s1. The zero-order valence-electron chi connectivity index (χ0n) is 16.7. The van der Waals surface area contributed by atoms with Crippen molar-refractivity contribution in [3.8, 4) is 11.5 Å². The molecule has 2 N–H and O–H groups in total. The SMILES string of the molecule is CCCNC(=O)CN1CCN([C@H](C)C(=O)Nc2ccc3c(c2)OCCO3)CC1. The van der Waals surface area contributed by atoms with Gasteiger partial charge in [0, 0.05) is 44.5 Å². The lowest BCUT2D eigenvalue weighted by molar-refractivity contribution is -0.124. The number of hydrogen-bond acceptors (Lipinski definition) is 6. The summed E-state index contributed by atoms with van der Waals surface area (Å²) in [7, 11) is 0. The minimum absolute atomic E-state index is 0.0502. The van der Waals surface area contributed by atoms with Gasteiger partial charge in [0.2, 0.25) is 11.8 Å². The maximum Gasteiger partial charge on any atom is 0.241 e. The fourth-order valence-electron chi connectivity index (χ4n) is 3.37. The lowest BCUT2D eigenvalue weighted by Gasteiger charge is -2.37. The number of carbonyl (C=O) groups is 2. The molecule has 2 amide bonds. The molecule has 0 aliphatic carbocycles. The molecule has 0 unspecified atom stereocenters. The quantitative estimate of drug-likeness (QED) is 0.721. The molecule has 0 radical (unpaired) electrons. The lowest BCUT2D eigenvalue weighted by Crippen LogP contribution is -2.54. The van der Waals surface area contributed by atoms with Gasteiger partial charge in [-0.25, -0.2) is 0 Å². The Balaban J connectivity index is 1.46. The van der Waals surface area contributed by atoms with E-state index in [1.165, 1.54) is 0 Å². The number of rotatable bonds is 7. The summed E-state index contributed by atoms with van der Waals surface area (Å²) in [6.07, 6.45) is 0.940. The zero-order chi connectivity index (χ0) is 19.9. The third-order valence-corrected chi connectivity index (χ3v) is 5.08. The maximum absolute atomic E-state index is 12.7. The first-order valence-corrected chi connectivity index (χ1v) is 10.0. The molecular formula is C20H30N4O4. The highest BCUT2D eigenvalue weighted by Gasteiger charge is 2.26. The first kappa shape index (κ1) is 20.4. The van der Waals surface area contributed by atoms with Crippen molar-refractivity contribution in [2.45, 2.75) is 26.3 Å². The van der Waals surface area contributed by atoms with Crippen LogP contribution in [0.15, 0.2) is 18.2 Å². The van der Waals surface area contributed by atoms with Crippen LogP contribution in [0.2, 0.25) is 0 Å². The van der Waals surface area contributed by atoms with Crippen LogP contribution in [-0.2, 0) is 9.59 Å². The number of ether oxygens (including phenoxy) is 2. The molecular weight excluding hydrogens is 360 g/mol. The van der Waals surface area contributed by atoms with Gasteiger partial charge in [-0.1, -0.05) is 6.92 Å². The topological polar surface area (TPSA) is 83.1 Å². The molecule has 1 saturated heterocycles. The highest BCUT2D eigenvalue weighted by molar-refractivity contribution is 5.94. The number of nitrogens with zero attached hydrogens (tertiary/aromatic N) is 2. The second-order valence-corrected chi connectivity index (χ2v) is 7.19. The van der Waals surface area contributed by atoms with Crippen molar-refractivity contribution >= 4 is 17.5 Å². The predicted molar refractivity (Wildman–Crippen MR) is 107 cm³/mol. The third kappa shape index (κ3) is 5.36. The van der Waals surface area contributed by atoms with Crippen LogP contribution in [0.1, 0.15) is 20.3 Å². The number of nitrogens with one attached hydrogen (secondary N) is 2. The molecule has 0 bridgehead atoms. The van der Waals surface area contributed by atoms with Crippen LogP contribution in [0.25, 0.3) is 0 Å². The van der Waals surface area contributed by atoms with Crippen molar-refractivity contribution in [2.24, 2.45) is 0 Å². The lowest BCUT2D eigenvalue weighted by atomic mass is 10.2. The van der Waals surface area contributed by atoms with Crippen molar-refractivity contribution in [3.05, 3.63) is 18.2 Å². The van der Waals surface area contributed by atoms with Gasteiger partial charge < -0.3 is 20.1 Å². The number of benzene rings is 1. The molecule has 0 spiro atoms.